The van der Waals surface area contributed by atoms with Gasteiger partial charge in [0.25, 0.3) is 0 Å². The maximum Gasteiger partial charge on any atom is 0.0717 e. The highest BCUT2D eigenvalue weighted by atomic mass is 35.5. The summed E-state index contributed by atoms with van der Waals surface area (Å²) in [5.74, 6) is 0.662. The van der Waals surface area contributed by atoms with E-state index in [0.717, 1.165) is 13.2 Å². The molecule has 1 rings (SSSR count). The molecule has 1 aromatic carbocycles. The lowest BCUT2D eigenvalue weighted by Crippen LogP contribution is -2.33. The topological polar surface area (TPSA) is 12.5 Å². The van der Waals surface area contributed by atoms with Crippen LogP contribution in [-0.4, -0.2) is 37.0 Å². The average molecular weight is 242 g/mol. The Labute approximate surface area is 103 Å². The summed E-state index contributed by atoms with van der Waals surface area (Å²) >= 11 is 5.77. The minimum Gasteiger partial charge on any atom is -0.375 e. The molecule has 0 N–H and O–H groups in total. The van der Waals surface area contributed by atoms with Gasteiger partial charge in [-0.05, 0) is 19.5 Å². The SMILES string of the molecule is CC(CCl)N(C)CCOCc1ccccc1. The summed E-state index contributed by atoms with van der Waals surface area (Å²) in [6, 6.07) is 10.6. The molecular weight excluding hydrogens is 222 g/mol. The summed E-state index contributed by atoms with van der Waals surface area (Å²) < 4.78 is 5.60. The fraction of sp³-hybridized carbons (Fsp3) is 0.538. The number of alkyl halides is 1. The van der Waals surface area contributed by atoms with Gasteiger partial charge in [-0.3, -0.25) is 0 Å². The van der Waals surface area contributed by atoms with Crippen molar-refractivity contribution in [2.75, 3.05) is 26.1 Å². The molecule has 0 saturated heterocycles. The zero-order valence-electron chi connectivity index (χ0n) is 10.0. The molecule has 0 aliphatic rings. The van der Waals surface area contributed by atoms with E-state index in [0.29, 0.717) is 18.5 Å². The first kappa shape index (κ1) is 13.5. The third kappa shape index (κ3) is 4.97. The van der Waals surface area contributed by atoms with Crippen molar-refractivity contribution >= 4 is 11.6 Å². The number of nitrogens with zero attached hydrogens (tertiary/aromatic N) is 1. The first-order valence-corrected chi connectivity index (χ1v) is 6.15. The van der Waals surface area contributed by atoms with Crippen LogP contribution in [0.2, 0.25) is 0 Å². The van der Waals surface area contributed by atoms with Gasteiger partial charge in [-0.1, -0.05) is 30.3 Å². The number of ether oxygens (including phenoxy) is 1. The Morgan fingerprint density at radius 3 is 2.62 bits per heavy atom. The Bertz CT molecular complexity index is 279. The van der Waals surface area contributed by atoms with Crippen LogP contribution in [0.15, 0.2) is 30.3 Å². The van der Waals surface area contributed by atoms with Gasteiger partial charge in [0.1, 0.15) is 0 Å². The monoisotopic (exact) mass is 241 g/mol. The Hall–Kier alpha value is -0.570. The molecule has 0 spiro atoms. The van der Waals surface area contributed by atoms with Gasteiger partial charge in [0, 0.05) is 18.5 Å². The van der Waals surface area contributed by atoms with E-state index in [1.807, 2.05) is 18.2 Å². The fourth-order valence-corrected chi connectivity index (χ4v) is 1.55. The summed E-state index contributed by atoms with van der Waals surface area (Å²) in [6.07, 6.45) is 0. The number of hydrogen-bond acceptors (Lipinski definition) is 2. The molecule has 3 heteroatoms. The van der Waals surface area contributed by atoms with Crippen LogP contribution in [-0.2, 0) is 11.3 Å². The van der Waals surface area contributed by atoms with Gasteiger partial charge < -0.3 is 9.64 Å². The van der Waals surface area contributed by atoms with Crippen LogP contribution in [0.4, 0.5) is 0 Å². The van der Waals surface area contributed by atoms with Gasteiger partial charge >= 0.3 is 0 Å². The van der Waals surface area contributed by atoms with E-state index in [9.17, 15) is 0 Å². The summed E-state index contributed by atoms with van der Waals surface area (Å²) in [4.78, 5) is 2.21. The van der Waals surface area contributed by atoms with Crippen molar-refractivity contribution in [3.8, 4) is 0 Å². The van der Waals surface area contributed by atoms with Gasteiger partial charge in [0.05, 0.1) is 13.2 Å². The third-order valence-corrected chi connectivity index (χ3v) is 3.12. The first-order chi connectivity index (χ1) is 7.74. The molecule has 0 bridgehead atoms. The Kier molecular flexibility index (Phi) is 6.46. The van der Waals surface area contributed by atoms with Crippen LogP contribution in [0.5, 0.6) is 0 Å². The maximum atomic E-state index is 5.77. The van der Waals surface area contributed by atoms with E-state index >= 15 is 0 Å². The minimum atomic E-state index is 0.405. The normalized spacial score (nSPS) is 13.0. The molecule has 1 atom stereocenters. The Morgan fingerprint density at radius 2 is 2.00 bits per heavy atom. The molecule has 1 aromatic rings. The Morgan fingerprint density at radius 1 is 1.31 bits per heavy atom. The largest absolute Gasteiger partial charge is 0.375 e. The summed E-state index contributed by atoms with van der Waals surface area (Å²) in [5, 5.41) is 0. The van der Waals surface area contributed by atoms with Gasteiger partial charge in [0.15, 0.2) is 0 Å². The lowest BCUT2D eigenvalue weighted by molar-refractivity contribution is 0.0926. The van der Waals surface area contributed by atoms with E-state index in [1.165, 1.54) is 5.56 Å². The first-order valence-electron chi connectivity index (χ1n) is 5.62. The second kappa shape index (κ2) is 7.66. The van der Waals surface area contributed by atoms with Crippen molar-refractivity contribution in [3.63, 3.8) is 0 Å². The summed E-state index contributed by atoms with van der Waals surface area (Å²) in [7, 11) is 2.07. The second-order valence-corrected chi connectivity index (χ2v) is 4.33. The number of benzene rings is 1. The highest BCUT2D eigenvalue weighted by molar-refractivity contribution is 6.18. The van der Waals surface area contributed by atoms with Crippen molar-refractivity contribution in [1.29, 1.82) is 0 Å². The van der Waals surface area contributed by atoms with Crippen LogP contribution in [0.1, 0.15) is 12.5 Å². The molecule has 0 aliphatic carbocycles. The second-order valence-electron chi connectivity index (χ2n) is 4.02. The van der Waals surface area contributed by atoms with Crippen molar-refractivity contribution in [2.24, 2.45) is 0 Å². The predicted molar refractivity (Wildman–Crippen MR) is 68.9 cm³/mol. The third-order valence-electron chi connectivity index (χ3n) is 2.68. The molecule has 2 nitrogen and oxygen atoms in total. The lowest BCUT2D eigenvalue weighted by atomic mass is 10.2. The number of hydrogen-bond donors (Lipinski definition) is 0. The molecule has 0 saturated carbocycles. The zero-order valence-corrected chi connectivity index (χ0v) is 10.8. The van der Waals surface area contributed by atoms with E-state index in [-0.39, 0.29) is 0 Å². The van der Waals surface area contributed by atoms with Crippen LogP contribution >= 0.6 is 11.6 Å². The van der Waals surface area contributed by atoms with E-state index < -0.39 is 0 Å². The van der Waals surface area contributed by atoms with E-state index in [4.69, 9.17) is 16.3 Å². The molecule has 16 heavy (non-hydrogen) atoms. The van der Waals surface area contributed by atoms with Crippen molar-refractivity contribution < 1.29 is 4.74 Å². The van der Waals surface area contributed by atoms with Crippen LogP contribution in [0.25, 0.3) is 0 Å². The molecular formula is C13H20ClNO. The van der Waals surface area contributed by atoms with Crippen LogP contribution < -0.4 is 0 Å². The maximum absolute atomic E-state index is 5.77. The molecule has 0 radical (unpaired) electrons. The van der Waals surface area contributed by atoms with Gasteiger partial charge in [0.2, 0.25) is 0 Å². The molecule has 1 unspecified atom stereocenters. The minimum absolute atomic E-state index is 0.405. The highest BCUT2D eigenvalue weighted by Crippen LogP contribution is 2.01. The summed E-state index contributed by atoms with van der Waals surface area (Å²) in [5.41, 5.74) is 1.22. The zero-order chi connectivity index (χ0) is 11.8. The summed E-state index contributed by atoms with van der Waals surface area (Å²) in [6.45, 7) is 4.46. The Balaban J connectivity index is 2.13. The quantitative estimate of drug-likeness (QED) is 0.538. The smallest absolute Gasteiger partial charge is 0.0717 e. The standard InChI is InChI=1S/C13H20ClNO/c1-12(10-14)15(2)8-9-16-11-13-6-4-3-5-7-13/h3-7,12H,8-11H2,1-2H3. The average Bonchev–Trinajstić information content (AvgIpc) is 2.34. The molecule has 0 fully saturated rings. The lowest BCUT2D eigenvalue weighted by Gasteiger charge is -2.22. The van der Waals surface area contributed by atoms with Crippen LogP contribution in [0, 0.1) is 0 Å². The molecule has 0 amide bonds. The highest BCUT2D eigenvalue weighted by Gasteiger charge is 2.06. The number of halogens is 1. The van der Waals surface area contributed by atoms with Crippen LogP contribution in [0.3, 0.4) is 0 Å². The predicted octanol–water partition coefficient (Wildman–Crippen LogP) is 2.76. The van der Waals surface area contributed by atoms with Gasteiger partial charge in [-0.15, -0.1) is 11.6 Å². The molecule has 90 valence electrons. The molecule has 0 heterocycles. The number of rotatable bonds is 7. The molecule has 0 aliphatic heterocycles. The van der Waals surface area contributed by atoms with Crippen molar-refractivity contribution in [1.82, 2.24) is 4.90 Å². The van der Waals surface area contributed by atoms with Crippen molar-refractivity contribution in [2.45, 2.75) is 19.6 Å². The molecule has 0 aromatic heterocycles. The van der Waals surface area contributed by atoms with E-state index in [2.05, 4.69) is 31.0 Å². The van der Waals surface area contributed by atoms with E-state index in [1.54, 1.807) is 0 Å². The van der Waals surface area contributed by atoms with Gasteiger partial charge in [-0.25, -0.2) is 0 Å². The number of likely N-dealkylation sites (N-methyl/N-ethyl adjacent to an activating group) is 1. The van der Waals surface area contributed by atoms with Gasteiger partial charge in [-0.2, -0.15) is 0 Å². The van der Waals surface area contributed by atoms with Crippen molar-refractivity contribution in [3.05, 3.63) is 35.9 Å². The fourth-order valence-electron chi connectivity index (χ4n) is 1.31.